The summed E-state index contributed by atoms with van der Waals surface area (Å²) in [6, 6.07) is 18.4. The first-order valence-corrected chi connectivity index (χ1v) is 11.0. The average Bonchev–Trinajstić information content (AvgIpc) is 3.51. The Hall–Kier alpha value is -3.25. The molecule has 3 heterocycles. The van der Waals surface area contributed by atoms with Crippen LogP contribution in [0, 0.1) is 0 Å². The predicted octanol–water partition coefficient (Wildman–Crippen LogP) is 4.92. The fourth-order valence-corrected chi connectivity index (χ4v) is 5.02. The zero-order chi connectivity index (χ0) is 20.3. The standard InChI is InChI=1S/C24H22N4OS/c29-23(13-12-19-15-25-27(17-19)16-18-7-2-1-3-8-18)28-14-6-10-21(28)24-26-20-9-4-5-11-22(20)30-24/h1-5,7-9,11-13,15,17,21H,6,10,14,16H2/b13-12+. The van der Waals surface area contributed by atoms with Crippen LogP contribution in [0.2, 0.25) is 0 Å². The quantitative estimate of drug-likeness (QED) is 0.436. The van der Waals surface area contributed by atoms with E-state index in [4.69, 9.17) is 4.98 Å². The van der Waals surface area contributed by atoms with Crippen LogP contribution in [0.1, 0.15) is 35.0 Å². The van der Waals surface area contributed by atoms with Crippen molar-refractivity contribution in [3.8, 4) is 0 Å². The van der Waals surface area contributed by atoms with Crippen molar-refractivity contribution in [3.05, 3.63) is 89.2 Å². The molecule has 4 aromatic rings. The largest absolute Gasteiger partial charge is 0.330 e. The monoisotopic (exact) mass is 414 g/mol. The van der Waals surface area contributed by atoms with Crippen LogP contribution in [0.25, 0.3) is 16.3 Å². The van der Waals surface area contributed by atoms with Crippen LogP contribution in [0.5, 0.6) is 0 Å². The summed E-state index contributed by atoms with van der Waals surface area (Å²) < 4.78 is 3.06. The van der Waals surface area contributed by atoms with E-state index in [1.807, 2.05) is 58.3 Å². The van der Waals surface area contributed by atoms with E-state index >= 15 is 0 Å². The maximum atomic E-state index is 12.9. The van der Waals surface area contributed by atoms with Gasteiger partial charge in [0.25, 0.3) is 0 Å². The molecule has 0 spiro atoms. The summed E-state index contributed by atoms with van der Waals surface area (Å²) in [6.07, 6.45) is 9.25. The zero-order valence-corrected chi connectivity index (χ0v) is 17.3. The molecule has 1 fully saturated rings. The fraction of sp³-hybridized carbons (Fsp3) is 0.208. The Kier molecular flexibility index (Phi) is 5.15. The summed E-state index contributed by atoms with van der Waals surface area (Å²) in [6.45, 7) is 1.49. The first-order valence-electron chi connectivity index (χ1n) is 10.2. The van der Waals surface area contributed by atoms with E-state index in [0.29, 0.717) is 6.54 Å². The van der Waals surface area contributed by atoms with Gasteiger partial charge in [0.05, 0.1) is 29.0 Å². The van der Waals surface area contributed by atoms with Gasteiger partial charge in [0.2, 0.25) is 5.91 Å². The van der Waals surface area contributed by atoms with Gasteiger partial charge in [-0.2, -0.15) is 5.10 Å². The highest BCUT2D eigenvalue weighted by Gasteiger charge is 2.31. The Morgan fingerprint density at radius 3 is 2.83 bits per heavy atom. The molecule has 1 atom stereocenters. The van der Waals surface area contributed by atoms with Gasteiger partial charge in [-0.05, 0) is 36.6 Å². The van der Waals surface area contributed by atoms with Gasteiger partial charge in [-0.25, -0.2) is 4.98 Å². The first-order chi connectivity index (χ1) is 14.8. The molecule has 1 saturated heterocycles. The molecule has 5 nitrogen and oxygen atoms in total. The van der Waals surface area contributed by atoms with Crippen LogP contribution in [0.15, 0.2) is 73.1 Å². The average molecular weight is 415 g/mol. The lowest BCUT2D eigenvalue weighted by Crippen LogP contribution is -2.28. The van der Waals surface area contributed by atoms with E-state index in [9.17, 15) is 4.79 Å². The summed E-state index contributed by atoms with van der Waals surface area (Å²) in [5.41, 5.74) is 3.14. The Morgan fingerprint density at radius 2 is 1.97 bits per heavy atom. The van der Waals surface area contributed by atoms with Crippen molar-refractivity contribution in [2.24, 2.45) is 0 Å². The van der Waals surface area contributed by atoms with Gasteiger partial charge in [-0.3, -0.25) is 9.48 Å². The normalized spacial score (nSPS) is 16.7. The highest BCUT2D eigenvalue weighted by Crippen LogP contribution is 2.36. The van der Waals surface area contributed by atoms with Crippen molar-refractivity contribution in [2.75, 3.05) is 6.54 Å². The number of carbonyl (C=O) groups is 1. The zero-order valence-electron chi connectivity index (χ0n) is 16.5. The lowest BCUT2D eigenvalue weighted by molar-refractivity contribution is -0.126. The molecule has 150 valence electrons. The molecule has 2 aromatic heterocycles. The van der Waals surface area contributed by atoms with Gasteiger partial charge in [-0.15, -0.1) is 11.3 Å². The molecule has 6 heteroatoms. The summed E-state index contributed by atoms with van der Waals surface area (Å²) in [4.78, 5) is 19.6. The van der Waals surface area contributed by atoms with Crippen LogP contribution in [-0.4, -0.2) is 32.1 Å². The highest BCUT2D eigenvalue weighted by atomic mass is 32.1. The smallest absolute Gasteiger partial charge is 0.247 e. The van der Waals surface area contributed by atoms with Gasteiger partial charge in [-0.1, -0.05) is 42.5 Å². The second-order valence-electron chi connectivity index (χ2n) is 7.50. The predicted molar refractivity (Wildman–Crippen MR) is 120 cm³/mol. The van der Waals surface area contributed by atoms with Crippen molar-refractivity contribution in [1.82, 2.24) is 19.7 Å². The van der Waals surface area contributed by atoms with Crippen molar-refractivity contribution < 1.29 is 4.79 Å². The molecular formula is C24H22N4OS. The lowest BCUT2D eigenvalue weighted by Gasteiger charge is -2.21. The van der Waals surface area contributed by atoms with Crippen LogP contribution < -0.4 is 0 Å². The summed E-state index contributed by atoms with van der Waals surface area (Å²) >= 11 is 1.69. The molecule has 0 N–H and O–H groups in total. The molecule has 5 rings (SSSR count). The van der Waals surface area contributed by atoms with E-state index in [0.717, 1.165) is 35.5 Å². The van der Waals surface area contributed by atoms with Crippen molar-refractivity contribution in [3.63, 3.8) is 0 Å². The Bertz CT molecular complexity index is 1160. The number of nitrogens with zero attached hydrogens (tertiary/aromatic N) is 4. The molecule has 30 heavy (non-hydrogen) atoms. The van der Waals surface area contributed by atoms with Crippen LogP contribution in [0.3, 0.4) is 0 Å². The molecule has 1 unspecified atom stereocenters. The fourth-order valence-electron chi connectivity index (χ4n) is 3.91. The SMILES string of the molecule is O=C(/C=C/c1cnn(Cc2ccccc2)c1)N1CCCC1c1nc2ccccc2s1. The second kappa shape index (κ2) is 8.24. The molecule has 0 saturated carbocycles. The van der Waals surface area contributed by atoms with E-state index in [2.05, 4.69) is 23.3 Å². The number of fused-ring (bicyclic) bond motifs is 1. The van der Waals surface area contributed by atoms with E-state index in [-0.39, 0.29) is 11.9 Å². The number of hydrogen-bond acceptors (Lipinski definition) is 4. The summed E-state index contributed by atoms with van der Waals surface area (Å²) in [5.74, 6) is 0.0348. The van der Waals surface area contributed by atoms with Crippen molar-refractivity contribution in [1.29, 1.82) is 0 Å². The third-order valence-corrected chi connectivity index (χ3v) is 6.53. The highest BCUT2D eigenvalue weighted by molar-refractivity contribution is 7.18. The third-order valence-electron chi connectivity index (χ3n) is 5.39. The van der Waals surface area contributed by atoms with Crippen LogP contribution in [-0.2, 0) is 11.3 Å². The number of rotatable bonds is 5. The number of carbonyl (C=O) groups excluding carboxylic acids is 1. The van der Waals surface area contributed by atoms with Gasteiger partial charge in [0, 0.05) is 24.4 Å². The summed E-state index contributed by atoms with van der Waals surface area (Å²) in [5, 5.41) is 5.44. The molecule has 1 aliphatic rings. The molecule has 1 amide bonds. The first kappa shape index (κ1) is 18.8. The van der Waals surface area contributed by atoms with Crippen LogP contribution in [0.4, 0.5) is 0 Å². The maximum absolute atomic E-state index is 12.9. The van der Waals surface area contributed by atoms with Crippen molar-refractivity contribution in [2.45, 2.75) is 25.4 Å². The number of aromatic nitrogens is 3. The minimum Gasteiger partial charge on any atom is -0.330 e. The lowest BCUT2D eigenvalue weighted by atomic mass is 10.2. The second-order valence-corrected chi connectivity index (χ2v) is 8.56. The van der Waals surface area contributed by atoms with E-state index in [1.54, 1.807) is 23.6 Å². The third kappa shape index (κ3) is 3.91. The Balaban J connectivity index is 1.28. The molecule has 0 aliphatic carbocycles. The Morgan fingerprint density at radius 1 is 1.13 bits per heavy atom. The number of para-hydroxylation sites is 1. The van der Waals surface area contributed by atoms with Gasteiger partial charge >= 0.3 is 0 Å². The summed E-state index contributed by atoms with van der Waals surface area (Å²) in [7, 11) is 0. The number of likely N-dealkylation sites (tertiary alicyclic amines) is 1. The number of benzene rings is 2. The minimum absolute atomic E-state index is 0.0348. The minimum atomic E-state index is 0.0348. The Labute approximate surface area is 179 Å². The van der Waals surface area contributed by atoms with Gasteiger partial charge in [0.15, 0.2) is 0 Å². The van der Waals surface area contributed by atoms with Crippen molar-refractivity contribution >= 4 is 33.5 Å². The maximum Gasteiger partial charge on any atom is 0.247 e. The molecule has 0 bridgehead atoms. The topological polar surface area (TPSA) is 51.0 Å². The molecular weight excluding hydrogens is 392 g/mol. The van der Waals surface area contributed by atoms with E-state index in [1.165, 1.54) is 10.3 Å². The number of amides is 1. The molecule has 1 aliphatic heterocycles. The van der Waals surface area contributed by atoms with Gasteiger partial charge < -0.3 is 4.90 Å². The van der Waals surface area contributed by atoms with E-state index < -0.39 is 0 Å². The van der Waals surface area contributed by atoms with Gasteiger partial charge in [0.1, 0.15) is 5.01 Å². The molecule has 2 aromatic carbocycles. The van der Waals surface area contributed by atoms with Crippen LogP contribution >= 0.6 is 11.3 Å². The number of hydrogen-bond donors (Lipinski definition) is 0. The number of thiazole rings is 1. The molecule has 0 radical (unpaired) electrons.